The summed E-state index contributed by atoms with van der Waals surface area (Å²) >= 11 is 0. The van der Waals surface area contributed by atoms with Gasteiger partial charge in [0.2, 0.25) is 5.91 Å². The number of allylic oxidation sites excluding steroid dienone is 2. The molecular formula is C24H28N2O6. The summed E-state index contributed by atoms with van der Waals surface area (Å²) in [5, 5.41) is 22.7. The number of rotatable bonds is 5. The van der Waals surface area contributed by atoms with E-state index in [1.165, 1.54) is 12.1 Å². The highest BCUT2D eigenvalue weighted by Crippen LogP contribution is 2.71. The largest absolute Gasteiger partial charge is 0.506 e. The van der Waals surface area contributed by atoms with E-state index in [4.69, 9.17) is 10.5 Å². The van der Waals surface area contributed by atoms with E-state index in [9.17, 15) is 24.6 Å². The van der Waals surface area contributed by atoms with E-state index < -0.39 is 23.0 Å². The molecule has 2 saturated carbocycles. The second kappa shape index (κ2) is 6.57. The van der Waals surface area contributed by atoms with Crippen LogP contribution in [0.5, 0.6) is 11.5 Å². The Balaban J connectivity index is 1.36. The number of phenols is 2. The number of benzene rings is 1. The number of hydrogen-bond acceptors (Lipinski definition) is 6. The van der Waals surface area contributed by atoms with E-state index in [-0.39, 0.29) is 52.2 Å². The lowest BCUT2D eigenvalue weighted by atomic mass is 9.51. The van der Waals surface area contributed by atoms with Crippen LogP contribution in [0.4, 0.5) is 5.69 Å². The molecule has 0 aromatic heterocycles. The molecule has 1 spiro atoms. The monoisotopic (exact) mass is 440 g/mol. The van der Waals surface area contributed by atoms with Gasteiger partial charge in [-0.2, -0.15) is 0 Å². The van der Waals surface area contributed by atoms with Gasteiger partial charge < -0.3 is 26.0 Å². The molecule has 6 rings (SSSR count). The quantitative estimate of drug-likeness (QED) is 0.519. The van der Waals surface area contributed by atoms with Crippen LogP contribution >= 0.6 is 0 Å². The van der Waals surface area contributed by atoms with Gasteiger partial charge in [0.15, 0.2) is 11.5 Å². The molecule has 8 nitrogen and oxygen atoms in total. The minimum absolute atomic E-state index is 0.00454. The smallest absolute Gasteiger partial charge is 0.252 e. The molecule has 1 aromatic carbocycles. The molecule has 4 fully saturated rings. The molecule has 5 N–H and O–H groups in total. The molecule has 2 amide bonds. The molecule has 2 saturated heterocycles. The molecule has 3 aliphatic carbocycles. The summed E-state index contributed by atoms with van der Waals surface area (Å²) in [6.45, 7) is 4.11. The fourth-order valence-electron chi connectivity index (χ4n) is 7.12. The first-order valence-corrected chi connectivity index (χ1v) is 11.1. The van der Waals surface area contributed by atoms with Crippen molar-refractivity contribution >= 4 is 23.3 Å². The molecule has 0 radical (unpaired) electrons. The van der Waals surface area contributed by atoms with Gasteiger partial charge in [-0.15, -0.1) is 0 Å². The first-order valence-electron chi connectivity index (χ1n) is 11.1. The van der Waals surface area contributed by atoms with E-state index in [1.807, 2.05) is 6.92 Å². The summed E-state index contributed by atoms with van der Waals surface area (Å²) < 4.78 is 6.42. The van der Waals surface area contributed by atoms with Crippen LogP contribution in [-0.2, 0) is 14.3 Å². The highest BCUT2D eigenvalue weighted by Gasteiger charge is 2.71. The van der Waals surface area contributed by atoms with Gasteiger partial charge >= 0.3 is 0 Å². The maximum absolute atomic E-state index is 13.1. The van der Waals surface area contributed by atoms with Gasteiger partial charge in [-0.3, -0.25) is 14.4 Å². The maximum Gasteiger partial charge on any atom is 0.252 e. The van der Waals surface area contributed by atoms with E-state index in [2.05, 4.69) is 18.3 Å². The number of ether oxygens (including phenoxy) is 1. The van der Waals surface area contributed by atoms with E-state index >= 15 is 0 Å². The Hall–Kier alpha value is -2.87. The maximum atomic E-state index is 13.1. The number of nitrogens with one attached hydrogen (secondary N) is 1. The Morgan fingerprint density at radius 2 is 2.03 bits per heavy atom. The number of hydrogen-bond donors (Lipinski definition) is 4. The number of primary amides is 1. The van der Waals surface area contributed by atoms with Crippen LogP contribution in [0, 0.1) is 22.7 Å². The molecule has 1 aromatic rings. The van der Waals surface area contributed by atoms with Crippen molar-refractivity contribution in [3.63, 3.8) is 0 Å². The van der Waals surface area contributed by atoms with Crippen molar-refractivity contribution in [1.82, 2.24) is 0 Å². The highest BCUT2D eigenvalue weighted by molar-refractivity contribution is 6.02. The number of carbonyl (C=O) groups is 3. The van der Waals surface area contributed by atoms with E-state index in [1.54, 1.807) is 6.08 Å². The summed E-state index contributed by atoms with van der Waals surface area (Å²) in [7, 11) is 0. The Bertz CT molecular complexity index is 1080. The van der Waals surface area contributed by atoms with Crippen LogP contribution in [0.15, 0.2) is 24.3 Å². The zero-order valence-electron chi connectivity index (χ0n) is 18.2. The minimum Gasteiger partial charge on any atom is -0.506 e. The normalized spacial score (nSPS) is 38.7. The SMILES string of the molecule is C[C@@]12C[C@]34C=CC(=O)[C@](C)(CCC(=O)Nc5c(O)ccc(C(N)=O)c5O)[C@H]3[C@@H](C[C@H]1C4)O2. The molecule has 4 bridgehead atoms. The molecule has 32 heavy (non-hydrogen) atoms. The second-order valence-electron chi connectivity index (χ2n) is 10.4. The molecule has 2 heterocycles. The average Bonchev–Trinajstić information content (AvgIpc) is 3.08. The highest BCUT2D eigenvalue weighted by atomic mass is 16.5. The van der Waals surface area contributed by atoms with E-state index in [0.29, 0.717) is 12.3 Å². The number of aromatic hydroxyl groups is 2. The Morgan fingerprint density at radius 3 is 2.72 bits per heavy atom. The predicted octanol–water partition coefficient (Wildman–Crippen LogP) is 2.63. The lowest BCUT2D eigenvalue weighted by Crippen LogP contribution is -2.56. The van der Waals surface area contributed by atoms with Crippen LogP contribution in [0.1, 0.15) is 56.3 Å². The fraction of sp³-hybridized carbons (Fsp3) is 0.542. The Morgan fingerprint density at radius 1 is 1.28 bits per heavy atom. The van der Waals surface area contributed by atoms with Gasteiger partial charge in [0.1, 0.15) is 11.4 Å². The molecule has 8 heteroatoms. The van der Waals surface area contributed by atoms with Gasteiger partial charge in [-0.25, -0.2) is 0 Å². The minimum atomic E-state index is -0.880. The van der Waals surface area contributed by atoms with Gasteiger partial charge in [0, 0.05) is 17.8 Å². The van der Waals surface area contributed by atoms with Crippen LogP contribution < -0.4 is 11.1 Å². The molecular weight excluding hydrogens is 412 g/mol. The first kappa shape index (κ1) is 21.0. The van der Waals surface area contributed by atoms with Crippen LogP contribution in [-0.4, -0.2) is 39.5 Å². The standard InChI is InChI=1S/C24H28N2O6/c1-22(7-6-17(29)26-18-14(27)4-3-13(19(18)30)21(25)31)16(28)5-8-24-10-12-9-15(20(22)24)32-23(12,2)11-24/h3-5,8,12,15,20,27,30H,6-7,9-11H2,1-2H3,(H2,25,31)(H,26,29)/t12-,15+,20+,22-,23+,24+/m0/s1. The Kier molecular flexibility index (Phi) is 4.31. The molecule has 0 unspecified atom stereocenters. The zero-order chi connectivity index (χ0) is 23.1. The van der Waals surface area contributed by atoms with Crippen molar-refractivity contribution in [3.05, 3.63) is 29.8 Å². The van der Waals surface area contributed by atoms with Crippen molar-refractivity contribution < 1.29 is 29.3 Å². The third-order valence-corrected chi connectivity index (χ3v) is 8.47. The predicted molar refractivity (Wildman–Crippen MR) is 115 cm³/mol. The number of amides is 2. The number of anilines is 1. The summed E-state index contributed by atoms with van der Waals surface area (Å²) in [5.74, 6) is -1.78. The van der Waals surface area contributed by atoms with Crippen molar-refractivity contribution in [2.24, 2.45) is 28.4 Å². The third-order valence-electron chi connectivity index (χ3n) is 8.47. The van der Waals surface area contributed by atoms with Gasteiger partial charge in [-0.1, -0.05) is 13.0 Å². The van der Waals surface area contributed by atoms with Crippen LogP contribution in [0.3, 0.4) is 0 Å². The van der Waals surface area contributed by atoms with Crippen molar-refractivity contribution in [2.75, 3.05) is 5.32 Å². The van der Waals surface area contributed by atoms with Gasteiger partial charge in [0.25, 0.3) is 5.91 Å². The molecule has 6 atom stereocenters. The number of phenolic OH excluding ortho intramolecular Hbond substituents is 1. The van der Waals surface area contributed by atoms with E-state index in [0.717, 1.165) is 19.3 Å². The van der Waals surface area contributed by atoms with Crippen LogP contribution in [0.25, 0.3) is 0 Å². The molecule has 2 aliphatic heterocycles. The molecule has 5 aliphatic rings. The van der Waals surface area contributed by atoms with Crippen molar-refractivity contribution in [3.8, 4) is 11.5 Å². The lowest BCUT2D eigenvalue weighted by Gasteiger charge is -2.55. The third kappa shape index (κ3) is 2.75. The molecule has 170 valence electrons. The fourth-order valence-corrected chi connectivity index (χ4v) is 7.12. The number of carbonyl (C=O) groups excluding carboxylic acids is 3. The van der Waals surface area contributed by atoms with Crippen molar-refractivity contribution in [2.45, 2.75) is 57.7 Å². The topological polar surface area (TPSA) is 139 Å². The Labute approximate surface area is 185 Å². The van der Waals surface area contributed by atoms with Crippen LogP contribution in [0.2, 0.25) is 0 Å². The number of nitrogens with two attached hydrogens (primary N) is 1. The summed E-state index contributed by atoms with van der Waals surface area (Å²) in [5.41, 5.74) is 3.82. The number of ketones is 1. The zero-order valence-corrected chi connectivity index (χ0v) is 18.2. The average molecular weight is 440 g/mol. The van der Waals surface area contributed by atoms with Gasteiger partial charge in [0.05, 0.1) is 17.3 Å². The summed E-state index contributed by atoms with van der Waals surface area (Å²) in [4.78, 5) is 37.3. The lowest BCUT2D eigenvalue weighted by molar-refractivity contribution is -0.169. The summed E-state index contributed by atoms with van der Waals surface area (Å²) in [6.07, 6.45) is 6.99. The second-order valence-corrected chi connectivity index (χ2v) is 10.4. The first-order chi connectivity index (χ1) is 15.0. The van der Waals surface area contributed by atoms with Crippen molar-refractivity contribution in [1.29, 1.82) is 0 Å². The summed E-state index contributed by atoms with van der Waals surface area (Å²) in [6, 6.07) is 2.36. The van der Waals surface area contributed by atoms with Gasteiger partial charge in [-0.05, 0) is 62.1 Å².